The number of aromatic nitrogens is 3. The Hall–Kier alpha value is -5.87. The number of hydrogen-bond donors (Lipinski definition) is 0. The van der Waals surface area contributed by atoms with Gasteiger partial charge in [0.2, 0.25) is 0 Å². The molecule has 0 amide bonds. The van der Waals surface area contributed by atoms with Gasteiger partial charge in [-0.15, -0.1) is 5.10 Å². The molecular weight excluding hydrogens is 584 g/mol. The number of ether oxygens (including phenoxy) is 5. The van der Waals surface area contributed by atoms with E-state index < -0.39 is 55.0 Å². The Bertz CT molecular complexity index is 1700. The molecule has 1 aromatic heterocycles. The maximum atomic E-state index is 13.3. The van der Waals surface area contributed by atoms with Crippen molar-refractivity contribution in [2.75, 3.05) is 13.7 Å². The number of nitriles is 1. The molecule has 0 saturated carbocycles. The molecule has 4 aromatic rings. The average Bonchev–Trinajstić information content (AvgIpc) is 3.65. The largest absolute Gasteiger partial charge is 0.464 e. The first kappa shape index (κ1) is 30.6. The van der Waals surface area contributed by atoms with Gasteiger partial charge in [-0.3, -0.25) is 0 Å². The highest BCUT2D eigenvalue weighted by atomic mass is 16.7. The quantitative estimate of drug-likeness (QED) is 0.190. The molecule has 1 aliphatic heterocycles. The summed E-state index contributed by atoms with van der Waals surface area (Å²) in [7, 11) is 1.13. The number of hydrogen-bond acceptors (Lipinski definition) is 12. The van der Waals surface area contributed by atoms with Gasteiger partial charge in [0.15, 0.2) is 24.1 Å². The van der Waals surface area contributed by atoms with Gasteiger partial charge in [0.05, 0.1) is 36.3 Å². The van der Waals surface area contributed by atoms with Crippen LogP contribution in [-0.2, 0) is 30.1 Å². The van der Waals surface area contributed by atoms with E-state index >= 15 is 0 Å². The van der Waals surface area contributed by atoms with Crippen molar-refractivity contribution in [3.8, 4) is 6.07 Å². The molecule has 13 heteroatoms. The van der Waals surface area contributed by atoms with Crippen LogP contribution in [-0.4, -0.2) is 70.9 Å². The van der Waals surface area contributed by atoms with Gasteiger partial charge < -0.3 is 23.7 Å². The molecule has 2 heterocycles. The fourth-order valence-electron chi connectivity index (χ4n) is 4.66. The summed E-state index contributed by atoms with van der Waals surface area (Å²) in [6.07, 6.45) is -5.74. The SMILES string of the molecule is COC(=O)c1c(CC#N)nnn1[C@@H]1O[C@H](COC(=O)c2ccccc2)[C@@H](OC(=O)c2ccccc2)[C@H]1OC(=O)c1ccccc1. The highest BCUT2D eigenvalue weighted by Gasteiger charge is 2.53. The van der Waals surface area contributed by atoms with Crippen molar-refractivity contribution in [3.05, 3.63) is 119 Å². The zero-order chi connectivity index (χ0) is 31.8. The van der Waals surface area contributed by atoms with Gasteiger partial charge in [0.25, 0.3) is 0 Å². The second-order valence-electron chi connectivity index (χ2n) is 9.66. The number of rotatable bonds is 10. The molecule has 1 fully saturated rings. The van der Waals surface area contributed by atoms with Gasteiger partial charge in [0.1, 0.15) is 18.4 Å². The number of nitrogens with zero attached hydrogens (tertiary/aromatic N) is 4. The van der Waals surface area contributed by atoms with Crippen LogP contribution in [0.2, 0.25) is 0 Å². The van der Waals surface area contributed by atoms with E-state index in [0.29, 0.717) is 0 Å². The Morgan fingerprint density at radius 2 is 1.29 bits per heavy atom. The van der Waals surface area contributed by atoms with Gasteiger partial charge in [-0.05, 0) is 36.4 Å². The summed E-state index contributed by atoms with van der Waals surface area (Å²) in [5.74, 6) is -3.14. The number of esters is 4. The third-order valence-electron chi connectivity index (χ3n) is 6.81. The van der Waals surface area contributed by atoms with Crippen molar-refractivity contribution in [2.45, 2.75) is 31.0 Å². The summed E-state index contributed by atoms with van der Waals surface area (Å²) in [6, 6.07) is 26.2. The molecular formula is C32H26N4O9. The van der Waals surface area contributed by atoms with Crippen LogP contribution in [0, 0.1) is 11.3 Å². The summed E-state index contributed by atoms with van der Waals surface area (Å²) in [5, 5.41) is 17.2. The lowest BCUT2D eigenvalue weighted by atomic mass is 10.1. The molecule has 45 heavy (non-hydrogen) atoms. The minimum absolute atomic E-state index is 0.0159. The van der Waals surface area contributed by atoms with E-state index in [4.69, 9.17) is 23.7 Å². The molecule has 0 radical (unpaired) electrons. The van der Waals surface area contributed by atoms with Crippen molar-refractivity contribution in [2.24, 2.45) is 0 Å². The summed E-state index contributed by atoms with van der Waals surface area (Å²) < 4.78 is 29.4. The van der Waals surface area contributed by atoms with Gasteiger partial charge in [-0.2, -0.15) is 5.26 Å². The molecule has 0 aliphatic carbocycles. The summed E-state index contributed by atoms with van der Waals surface area (Å²) in [5.41, 5.74) is 0.391. The number of benzene rings is 3. The third-order valence-corrected chi connectivity index (χ3v) is 6.81. The van der Waals surface area contributed by atoms with E-state index in [1.165, 1.54) is 24.3 Å². The van der Waals surface area contributed by atoms with Crippen LogP contribution in [0.3, 0.4) is 0 Å². The minimum atomic E-state index is -1.44. The molecule has 0 bridgehead atoms. The molecule has 1 aliphatic rings. The fourth-order valence-corrected chi connectivity index (χ4v) is 4.66. The molecule has 4 atom stereocenters. The van der Waals surface area contributed by atoms with E-state index in [-0.39, 0.29) is 34.5 Å². The first-order valence-corrected chi connectivity index (χ1v) is 13.7. The van der Waals surface area contributed by atoms with E-state index in [0.717, 1.165) is 11.8 Å². The normalized spacial score (nSPS) is 18.8. The Balaban J connectivity index is 1.55. The minimum Gasteiger partial charge on any atom is -0.464 e. The Kier molecular flexibility index (Phi) is 9.56. The van der Waals surface area contributed by atoms with Crippen molar-refractivity contribution in [1.29, 1.82) is 5.26 Å². The van der Waals surface area contributed by atoms with Gasteiger partial charge in [-0.1, -0.05) is 59.8 Å². The molecule has 0 N–H and O–H groups in total. The highest BCUT2D eigenvalue weighted by molar-refractivity contribution is 5.91. The Morgan fingerprint density at radius 3 is 1.80 bits per heavy atom. The monoisotopic (exact) mass is 610 g/mol. The lowest BCUT2D eigenvalue weighted by Gasteiger charge is -2.24. The smallest absolute Gasteiger partial charge is 0.358 e. The number of carbonyl (C=O) groups excluding carboxylic acids is 4. The number of carbonyl (C=O) groups is 4. The predicted octanol–water partition coefficient (Wildman–Crippen LogP) is 3.34. The third kappa shape index (κ3) is 6.87. The molecule has 0 unspecified atom stereocenters. The maximum absolute atomic E-state index is 13.3. The second-order valence-corrected chi connectivity index (χ2v) is 9.66. The Morgan fingerprint density at radius 1 is 0.778 bits per heavy atom. The topological polar surface area (TPSA) is 169 Å². The Labute approximate surface area is 256 Å². The van der Waals surface area contributed by atoms with Crippen LogP contribution in [0.4, 0.5) is 0 Å². The van der Waals surface area contributed by atoms with Crippen molar-refractivity contribution >= 4 is 23.9 Å². The van der Waals surface area contributed by atoms with Crippen LogP contribution in [0.1, 0.15) is 53.5 Å². The summed E-state index contributed by atoms with van der Waals surface area (Å²) >= 11 is 0. The van der Waals surface area contributed by atoms with Crippen LogP contribution in [0.15, 0.2) is 91.0 Å². The molecule has 13 nitrogen and oxygen atoms in total. The zero-order valence-electron chi connectivity index (χ0n) is 23.8. The maximum Gasteiger partial charge on any atom is 0.358 e. The molecule has 5 rings (SSSR count). The number of methoxy groups -OCH3 is 1. The lowest BCUT2D eigenvalue weighted by molar-refractivity contribution is -0.0688. The molecule has 3 aromatic carbocycles. The van der Waals surface area contributed by atoms with Crippen LogP contribution in [0.25, 0.3) is 0 Å². The van der Waals surface area contributed by atoms with Crippen molar-refractivity contribution in [1.82, 2.24) is 15.0 Å². The van der Waals surface area contributed by atoms with E-state index in [1.54, 1.807) is 66.7 Å². The van der Waals surface area contributed by atoms with Crippen LogP contribution < -0.4 is 0 Å². The van der Waals surface area contributed by atoms with E-state index in [2.05, 4.69) is 10.3 Å². The van der Waals surface area contributed by atoms with Crippen LogP contribution >= 0.6 is 0 Å². The van der Waals surface area contributed by atoms with Gasteiger partial charge in [0, 0.05) is 0 Å². The van der Waals surface area contributed by atoms with Crippen LogP contribution in [0.5, 0.6) is 0 Å². The summed E-state index contributed by atoms with van der Waals surface area (Å²) in [4.78, 5) is 52.3. The molecule has 228 valence electrons. The summed E-state index contributed by atoms with van der Waals surface area (Å²) in [6.45, 7) is -0.441. The van der Waals surface area contributed by atoms with Crippen molar-refractivity contribution in [3.63, 3.8) is 0 Å². The van der Waals surface area contributed by atoms with E-state index in [9.17, 15) is 24.4 Å². The first-order chi connectivity index (χ1) is 21.9. The zero-order valence-corrected chi connectivity index (χ0v) is 23.8. The van der Waals surface area contributed by atoms with Gasteiger partial charge >= 0.3 is 23.9 Å². The first-order valence-electron chi connectivity index (χ1n) is 13.7. The average molecular weight is 611 g/mol. The predicted molar refractivity (Wildman–Crippen MR) is 153 cm³/mol. The molecule has 1 saturated heterocycles. The highest BCUT2D eigenvalue weighted by Crippen LogP contribution is 2.36. The van der Waals surface area contributed by atoms with Gasteiger partial charge in [-0.25, -0.2) is 23.9 Å². The van der Waals surface area contributed by atoms with Crippen molar-refractivity contribution < 1.29 is 42.9 Å². The lowest BCUT2D eigenvalue weighted by Crippen LogP contribution is -2.41. The second kappa shape index (κ2) is 14.1. The van der Waals surface area contributed by atoms with E-state index in [1.807, 2.05) is 6.07 Å². The standard InChI is InChI=1S/C32H26N4O9/c1-41-32(40)25-23(17-18-33)34-35-36(25)28-27(45-31(39)22-15-9-4-10-16-22)26(44-30(38)21-13-7-3-8-14-21)24(43-28)19-42-29(37)20-11-5-2-6-12-20/h2-16,24,26-28H,17,19H2,1H3/t24-,26-,27-,28-/m1/s1. The molecule has 0 spiro atoms. The fraction of sp³-hybridized carbons (Fsp3) is 0.219.